The molecule has 8 fully saturated rings. The second kappa shape index (κ2) is 55.3. The zero-order chi connectivity index (χ0) is 68.7. The van der Waals surface area contributed by atoms with Crippen LogP contribution in [0.15, 0.2) is 0 Å². The molecular formula is C80H170FN11. The molecule has 0 radical (unpaired) electrons. The lowest BCUT2D eigenvalue weighted by Crippen LogP contribution is -2.49. The summed E-state index contributed by atoms with van der Waals surface area (Å²) in [4.78, 5) is 27.8. The molecule has 11 nitrogen and oxygen atoms in total. The Labute approximate surface area is 578 Å². The van der Waals surface area contributed by atoms with Crippen molar-refractivity contribution in [1.29, 1.82) is 0 Å². The fourth-order valence-corrected chi connectivity index (χ4v) is 12.3. The first kappa shape index (κ1) is 89.5. The van der Waals surface area contributed by atoms with E-state index in [1.165, 1.54) is 286 Å². The highest BCUT2D eigenvalue weighted by Crippen LogP contribution is 2.17. The topological polar surface area (TPSA) is 35.4 Å². The molecule has 92 heavy (non-hydrogen) atoms. The van der Waals surface area contributed by atoms with Crippen LogP contribution in [-0.2, 0) is 0 Å². The van der Waals surface area contributed by atoms with E-state index in [1.807, 2.05) is 0 Å². The summed E-state index contributed by atoms with van der Waals surface area (Å²) in [6, 6.07) is 0. The first-order valence-corrected chi connectivity index (χ1v) is 40.2. The Balaban J connectivity index is 0.000000530. The number of likely N-dealkylation sites (N-methyl/N-ethyl adjacent to an activating group) is 1. The summed E-state index contributed by atoms with van der Waals surface area (Å²) in [6.45, 7) is 84.9. The number of piperazine rings is 3. The van der Waals surface area contributed by atoms with E-state index >= 15 is 0 Å². The van der Waals surface area contributed by atoms with Crippen molar-refractivity contribution in [3.05, 3.63) is 0 Å². The summed E-state index contributed by atoms with van der Waals surface area (Å²) in [5, 5.41) is 0. The predicted molar refractivity (Wildman–Crippen MR) is 409 cm³/mol. The van der Waals surface area contributed by atoms with Gasteiger partial charge in [0.15, 0.2) is 0 Å². The SMILES string of the molecule is CC(C)CCN1CC1.CC(C)CCN1CCC1.CC(C)CCN1CCCC1.CC(C)CCN1CCCCC1.CC(C)CCN1CCCCC1.CC(C)CCN1CCN(C)CC1.CC(C)CCN1CCN(CC(C)(C)F)CC1.CC(C)CCN1CCN(CC(C)C)CC1. The molecule has 8 rings (SSSR count). The third kappa shape index (κ3) is 57.4. The molecule has 8 aliphatic rings. The molecule has 8 aliphatic heterocycles. The van der Waals surface area contributed by atoms with Gasteiger partial charge in [-0.1, -0.05) is 137 Å². The Morgan fingerprint density at radius 1 is 0.228 bits per heavy atom. The lowest BCUT2D eigenvalue weighted by molar-refractivity contribution is 0.0743. The summed E-state index contributed by atoms with van der Waals surface area (Å²) < 4.78 is 13.5. The van der Waals surface area contributed by atoms with Gasteiger partial charge in [-0.05, 0) is 275 Å². The average molecular weight is 1310 g/mol. The maximum atomic E-state index is 13.5. The van der Waals surface area contributed by atoms with Crippen LogP contribution in [0.4, 0.5) is 4.39 Å². The number of alkyl halides is 1. The van der Waals surface area contributed by atoms with Crippen LogP contribution in [0.3, 0.4) is 0 Å². The Bertz CT molecular complexity index is 1530. The molecule has 0 N–H and O–H groups in total. The van der Waals surface area contributed by atoms with E-state index in [0.717, 1.165) is 79.4 Å². The summed E-state index contributed by atoms with van der Waals surface area (Å²) in [6.07, 6.45) is 23.8. The van der Waals surface area contributed by atoms with E-state index in [-0.39, 0.29) is 0 Å². The molecule has 0 aliphatic carbocycles. The second-order valence-corrected chi connectivity index (χ2v) is 34.4. The van der Waals surface area contributed by atoms with Crippen molar-refractivity contribution in [3.63, 3.8) is 0 Å². The smallest absolute Gasteiger partial charge is 0.118 e. The monoisotopic (exact) mass is 1300 g/mol. The van der Waals surface area contributed by atoms with Crippen molar-refractivity contribution >= 4 is 0 Å². The van der Waals surface area contributed by atoms with Gasteiger partial charge in [-0.3, -0.25) is 4.90 Å². The lowest BCUT2D eigenvalue weighted by Gasteiger charge is -2.36. The Hall–Kier alpha value is -0.510. The molecule has 0 atom stereocenters. The third-order valence-electron chi connectivity index (χ3n) is 19.5. The maximum Gasteiger partial charge on any atom is 0.118 e. The van der Waals surface area contributed by atoms with Crippen LogP contribution in [-0.4, -0.2) is 276 Å². The van der Waals surface area contributed by atoms with Crippen molar-refractivity contribution in [2.45, 2.75) is 253 Å². The molecule has 12 heteroatoms. The van der Waals surface area contributed by atoms with Crippen LogP contribution >= 0.6 is 0 Å². The van der Waals surface area contributed by atoms with Crippen LogP contribution in [0.2, 0.25) is 0 Å². The Morgan fingerprint density at radius 3 is 0.609 bits per heavy atom. The molecule has 0 amide bonds. The number of hydrogen-bond donors (Lipinski definition) is 0. The van der Waals surface area contributed by atoms with Gasteiger partial charge >= 0.3 is 0 Å². The van der Waals surface area contributed by atoms with Gasteiger partial charge in [-0.2, -0.15) is 0 Å². The largest absolute Gasteiger partial charge is 0.304 e. The highest BCUT2D eigenvalue weighted by molar-refractivity contribution is 4.79. The van der Waals surface area contributed by atoms with E-state index in [2.05, 4.69) is 186 Å². The van der Waals surface area contributed by atoms with E-state index in [0.29, 0.717) is 6.54 Å². The molecule has 0 aromatic heterocycles. The van der Waals surface area contributed by atoms with Crippen molar-refractivity contribution < 1.29 is 4.39 Å². The molecule has 0 bridgehead atoms. The van der Waals surface area contributed by atoms with Gasteiger partial charge < -0.3 is 49.0 Å². The molecule has 0 unspecified atom stereocenters. The molecule has 8 saturated heterocycles. The summed E-state index contributed by atoms with van der Waals surface area (Å²) in [5.74, 6) is 7.68. The van der Waals surface area contributed by atoms with E-state index in [9.17, 15) is 4.39 Å². The van der Waals surface area contributed by atoms with E-state index in [4.69, 9.17) is 0 Å². The molecule has 8 heterocycles. The maximum absolute atomic E-state index is 13.5. The average Bonchev–Trinajstić information content (AvgIpc) is 2.27. The van der Waals surface area contributed by atoms with Gasteiger partial charge in [0.05, 0.1) is 0 Å². The first-order chi connectivity index (χ1) is 43.6. The third-order valence-corrected chi connectivity index (χ3v) is 19.5. The molecule has 0 saturated carbocycles. The summed E-state index contributed by atoms with van der Waals surface area (Å²) >= 11 is 0. The predicted octanol–water partition coefficient (Wildman–Crippen LogP) is 16.2. The normalized spacial score (nSPS) is 20.8. The fourth-order valence-electron chi connectivity index (χ4n) is 12.3. The minimum atomic E-state index is -1.06. The van der Waals surface area contributed by atoms with Gasteiger partial charge in [-0.15, -0.1) is 0 Å². The first-order valence-electron chi connectivity index (χ1n) is 40.2. The molecule has 552 valence electrons. The number of piperidine rings is 2. The van der Waals surface area contributed by atoms with E-state index < -0.39 is 5.67 Å². The van der Waals surface area contributed by atoms with Gasteiger partial charge in [-0.25, -0.2) is 4.39 Å². The van der Waals surface area contributed by atoms with Crippen molar-refractivity contribution in [1.82, 2.24) is 53.9 Å². The Kier molecular flexibility index (Phi) is 53.8. The summed E-state index contributed by atoms with van der Waals surface area (Å²) in [5.41, 5.74) is -1.06. The van der Waals surface area contributed by atoms with Crippen LogP contribution in [0.5, 0.6) is 0 Å². The van der Waals surface area contributed by atoms with Crippen LogP contribution in [0, 0.1) is 53.3 Å². The summed E-state index contributed by atoms with van der Waals surface area (Å²) in [7, 11) is 2.21. The number of hydrogen-bond acceptors (Lipinski definition) is 11. The zero-order valence-corrected chi connectivity index (χ0v) is 66.6. The number of halogens is 1. The molecule has 0 spiro atoms. The zero-order valence-electron chi connectivity index (χ0n) is 66.6. The van der Waals surface area contributed by atoms with Gasteiger partial charge in [0.1, 0.15) is 5.67 Å². The van der Waals surface area contributed by atoms with Crippen molar-refractivity contribution in [2.75, 3.05) is 216 Å². The standard InChI is InChI=1S/C13H27FN2.C13H28N2.C10H22N2.2C10H21N.C9H19N.C8H17N.C7H15N/c1-12(2)5-6-15-7-9-16(10-8-15)11-13(3,4)14;1-12(2)5-6-14-7-9-15(10-8-14)11-13(3)4;1-10(2)4-5-12-8-6-11(3)7-9-12;2*1-10(2)6-9-11-7-4-3-5-8-11;1-9(2)5-8-10-6-3-4-7-10;1-8(2)4-7-9-5-3-6-9;1-7(2)3-4-8-5-6-8/h12H,5-11H2,1-4H3;12-13H,5-11H2,1-4H3;10H,4-9H2,1-3H3;2*10H,3-9H2,1-2H3;9H,3-8H2,1-2H3;8H,3-7H2,1-2H3;7H,3-6H2,1-2H3. The van der Waals surface area contributed by atoms with Crippen LogP contribution in [0.25, 0.3) is 0 Å². The number of nitrogens with zero attached hydrogens (tertiary/aromatic N) is 11. The van der Waals surface area contributed by atoms with Crippen LogP contribution in [0.1, 0.15) is 248 Å². The van der Waals surface area contributed by atoms with Crippen molar-refractivity contribution in [3.8, 4) is 0 Å². The van der Waals surface area contributed by atoms with Crippen LogP contribution < -0.4 is 0 Å². The molecular weight excluding hydrogens is 1130 g/mol. The van der Waals surface area contributed by atoms with Gasteiger partial charge in [0.25, 0.3) is 0 Å². The quantitative estimate of drug-likeness (QED) is 0.0703. The number of rotatable bonds is 28. The highest BCUT2D eigenvalue weighted by atomic mass is 19.1. The van der Waals surface area contributed by atoms with Crippen molar-refractivity contribution in [2.24, 2.45) is 53.3 Å². The minimum Gasteiger partial charge on any atom is -0.304 e. The second-order valence-electron chi connectivity index (χ2n) is 34.4. The van der Waals surface area contributed by atoms with E-state index in [1.54, 1.807) is 13.8 Å². The molecule has 0 aromatic carbocycles. The Morgan fingerprint density at radius 2 is 0.413 bits per heavy atom. The number of likely N-dealkylation sites (tertiary alicyclic amines) is 4. The fraction of sp³-hybridized carbons (Fsp3) is 1.00. The molecule has 0 aromatic rings. The highest BCUT2D eigenvalue weighted by Gasteiger charge is 2.25. The minimum absolute atomic E-state index is 0.574. The van der Waals surface area contributed by atoms with Gasteiger partial charge in [0, 0.05) is 105 Å². The van der Waals surface area contributed by atoms with Gasteiger partial charge in [0.2, 0.25) is 0 Å². The lowest BCUT2D eigenvalue weighted by atomic mass is 10.1.